The first-order chi connectivity index (χ1) is 37.3. The number of likely N-dealkylation sites (N-methyl/N-ethyl adjacent to an activating group) is 1. The van der Waals surface area contributed by atoms with Gasteiger partial charge >= 0.3 is 0 Å². The molecule has 3 fully saturated rings. The Kier molecular flexibility index (Phi) is 16.8. The van der Waals surface area contributed by atoms with Crippen molar-refractivity contribution >= 4 is 73.2 Å². The number of aryl methyl sites for hydroxylation is 1. The van der Waals surface area contributed by atoms with E-state index >= 15 is 0 Å². The predicted octanol–water partition coefficient (Wildman–Crippen LogP) is 5.80. The number of likely N-dealkylation sites (tertiary alicyclic amines) is 2. The number of nitrogens with one attached hydrogen (secondary N) is 4. The zero-order valence-corrected chi connectivity index (χ0v) is 46.6. The van der Waals surface area contributed by atoms with E-state index in [-0.39, 0.29) is 58.4 Å². The Morgan fingerprint density at radius 3 is 2.29 bits per heavy atom. The zero-order valence-electron chi connectivity index (χ0n) is 45.0. The number of hydrogen-bond acceptors (Lipinski definition) is 18. The van der Waals surface area contributed by atoms with Crippen LogP contribution in [0, 0.1) is 25.6 Å². The average Bonchev–Trinajstić information content (AvgIpc) is 4.26. The molecule has 24 heteroatoms. The molecule has 0 aliphatic carbocycles. The second-order valence-corrected chi connectivity index (χ2v) is 24.7. The number of H-pyrrole nitrogens is 1. The van der Waals surface area contributed by atoms with Gasteiger partial charge in [0.2, 0.25) is 23.5 Å². The normalized spacial score (nSPS) is 17.5. The van der Waals surface area contributed by atoms with Crippen molar-refractivity contribution in [2.24, 2.45) is 5.92 Å². The lowest BCUT2D eigenvalue weighted by Crippen LogP contribution is -2.57. The van der Waals surface area contributed by atoms with Gasteiger partial charge in [0.1, 0.15) is 45.4 Å². The molecular formula is C54H67FN14O7S2. The fourth-order valence-corrected chi connectivity index (χ4v) is 12.2. The standard InChI is InChI=1S/C54H67FN14O7S2/c1-32-33(2)64-65-47(32)63-48-39-26-44(78(74,75)54(4,5)6)43(27-40(39)59-31-60-48)76-25-9-17-66-21-23-68(24-22-66)53-57-28-37(29-58-53)51(72)67-19-15-35(16-20-67)45(62-49(71)34(3)56-7)52(73)69-18-8-10-42(69)50-61-41(30-77-50)46(70)36-11-13-38(55)14-12-36/h11-14,26-31,34-35,42,45,56H,8-10,15-25H2,1-7H3,(H,62,71)(H2,59,60,63,64,65)/t34-,42-,45?/m0/s1. The number of hydrogen-bond donors (Lipinski definition) is 4. The van der Waals surface area contributed by atoms with E-state index in [2.05, 4.69) is 60.9 Å². The number of rotatable bonds is 18. The molecule has 3 aliphatic heterocycles. The van der Waals surface area contributed by atoms with Crippen LogP contribution < -0.4 is 25.6 Å². The number of aromatic nitrogens is 7. The summed E-state index contributed by atoms with van der Waals surface area (Å²) in [5.41, 5.74) is 3.24. The van der Waals surface area contributed by atoms with Crippen LogP contribution in [-0.2, 0) is 19.4 Å². The van der Waals surface area contributed by atoms with Gasteiger partial charge < -0.3 is 35.4 Å². The number of anilines is 3. The Bertz CT molecular complexity index is 3260. The molecule has 3 amide bonds. The third kappa shape index (κ3) is 12.0. The summed E-state index contributed by atoms with van der Waals surface area (Å²) in [4.78, 5) is 85.6. The number of halogens is 1. The van der Waals surface area contributed by atoms with Crippen LogP contribution in [-0.4, -0.2) is 165 Å². The van der Waals surface area contributed by atoms with Crippen molar-refractivity contribution in [1.29, 1.82) is 0 Å². The Balaban J connectivity index is 0.770. The average molecular weight is 1110 g/mol. The first-order valence-electron chi connectivity index (χ1n) is 26.4. The lowest BCUT2D eigenvalue weighted by Gasteiger charge is -2.38. The number of carbonyl (C=O) groups is 4. The van der Waals surface area contributed by atoms with Gasteiger partial charge in [0.25, 0.3) is 5.91 Å². The van der Waals surface area contributed by atoms with Gasteiger partial charge in [0.15, 0.2) is 15.7 Å². The minimum atomic E-state index is -3.84. The number of aromatic amines is 1. The molecule has 6 aromatic rings. The lowest BCUT2D eigenvalue weighted by molar-refractivity contribution is -0.139. The summed E-state index contributed by atoms with van der Waals surface area (Å²) in [5.74, 6) is 0.00116. The number of ketones is 1. The molecule has 414 valence electrons. The maximum atomic E-state index is 14.6. The number of carbonyl (C=O) groups excluding carboxylic acids is 4. The molecule has 3 aliphatic rings. The number of piperazine rings is 1. The van der Waals surface area contributed by atoms with E-state index in [1.54, 1.807) is 74.4 Å². The topological polar surface area (TPSA) is 254 Å². The Hall–Kier alpha value is -7.02. The minimum absolute atomic E-state index is 0.0686. The second-order valence-electron chi connectivity index (χ2n) is 21.1. The second kappa shape index (κ2) is 23.5. The van der Waals surface area contributed by atoms with Gasteiger partial charge in [0.05, 0.1) is 34.5 Å². The van der Waals surface area contributed by atoms with E-state index < -0.39 is 32.5 Å². The molecule has 0 spiro atoms. The number of piperidine rings is 1. The molecular weight excluding hydrogens is 1040 g/mol. The fraction of sp³-hybridized carbons (Fsp3) is 0.481. The van der Waals surface area contributed by atoms with Gasteiger partial charge in [-0.3, -0.25) is 29.2 Å². The van der Waals surface area contributed by atoms with Crippen molar-refractivity contribution in [2.45, 2.75) is 101 Å². The highest BCUT2D eigenvalue weighted by Crippen LogP contribution is 2.39. The molecule has 0 bridgehead atoms. The van der Waals surface area contributed by atoms with Crippen LogP contribution in [0.25, 0.3) is 10.9 Å². The molecule has 21 nitrogen and oxygen atoms in total. The van der Waals surface area contributed by atoms with Gasteiger partial charge in [-0.25, -0.2) is 37.7 Å². The van der Waals surface area contributed by atoms with Crippen molar-refractivity contribution in [3.63, 3.8) is 0 Å². The first kappa shape index (κ1) is 55.7. The van der Waals surface area contributed by atoms with Crippen LogP contribution >= 0.6 is 11.3 Å². The van der Waals surface area contributed by atoms with Crippen molar-refractivity contribution in [2.75, 3.05) is 76.2 Å². The smallest absolute Gasteiger partial charge is 0.256 e. The van der Waals surface area contributed by atoms with Crippen LogP contribution in [0.2, 0.25) is 0 Å². The fourth-order valence-electron chi connectivity index (χ4n) is 9.94. The van der Waals surface area contributed by atoms with Gasteiger partial charge in [0, 0.05) is 98.4 Å². The summed E-state index contributed by atoms with van der Waals surface area (Å²) in [5, 5.41) is 19.3. The number of benzene rings is 2. The molecule has 78 heavy (non-hydrogen) atoms. The van der Waals surface area contributed by atoms with Gasteiger partial charge in [-0.05, 0) is 117 Å². The molecule has 0 radical (unpaired) electrons. The lowest BCUT2D eigenvalue weighted by atomic mass is 9.87. The summed E-state index contributed by atoms with van der Waals surface area (Å²) < 4.78 is 46.7. The first-order valence-corrected chi connectivity index (χ1v) is 28.7. The highest BCUT2D eigenvalue weighted by Gasteiger charge is 2.42. The Morgan fingerprint density at radius 2 is 1.63 bits per heavy atom. The molecule has 4 N–H and O–H groups in total. The van der Waals surface area contributed by atoms with Gasteiger partial charge in [-0.1, -0.05) is 0 Å². The number of fused-ring (bicyclic) bond motifs is 1. The van der Waals surface area contributed by atoms with Crippen molar-refractivity contribution in [3.8, 4) is 5.75 Å². The molecule has 9 rings (SSSR count). The summed E-state index contributed by atoms with van der Waals surface area (Å²) in [7, 11) is -2.17. The molecule has 7 heterocycles. The van der Waals surface area contributed by atoms with Crippen molar-refractivity contribution < 1.29 is 36.7 Å². The third-order valence-electron chi connectivity index (χ3n) is 15.1. The van der Waals surface area contributed by atoms with E-state index in [1.165, 1.54) is 41.9 Å². The monoisotopic (exact) mass is 1110 g/mol. The van der Waals surface area contributed by atoms with Gasteiger partial charge in [-0.15, -0.1) is 11.3 Å². The quantitative estimate of drug-likeness (QED) is 0.0586. The Morgan fingerprint density at radius 1 is 0.910 bits per heavy atom. The third-order valence-corrected chi connectivity index (χ3v) is 18.5. The predicted molar refractivity (Wildman–Crippen MR) is 293 cm³/mol. The number of nitrogens with zero attached hydrogens (tertiary/aromatic N) is 10. The number of thiazole rings is 1. The highest BCUT2D eigenvalue weighted by molar-refractivity contribution is 7.92. The Labute approximate surface area is 457 Å². The van der Waals surface area contributed by atoms with E-state index in [0.29, 0.717) is 103 Å². The van der Waals surface area contributed by atoms with Crippen LogP contribution in [0.3, 0.4) is 0 Å². The number of amides is 3. The summed E-state index contributed by atoms with van der Waals surface area (Å²) in [6, 6.07) is 6.78. The van der Waals surface area contributed by atoms with Crippen molar-refractivity contribution in [1.82, 2.24) is 60.5 Å². The van der Waals surface area contributed by atoms with E-state index in [4.69, 9.17) is 4.74 Å². The maximum Gasteiger partial charge on any atom is 0.256 e. The molecule has 0 saturated carbocycles. The summed E-state index contributed by atoms with van der Waals surface area (Å²) >= 11 is 1.30. The van der Waals surface area contributed by atoms with E-state index in [0.717, 1.165) is 37.3 Å². The molecule has 3 atom stereocenters. The summed E-state index contributed by atoms with van der Waals surface area (Å²) in [6.45, 7) is 15.6. The molecule has 4 aromatic heterocycles. The number of ether oxygens (including phenoxy) is 1. The van der Waals surface area contributed by atoms with Gasteiger partial charge in [-0.2, -0.15) is 5.10 Å². The van der Waals surface area contributed by atoms with Crippen LogP contribution in [0.1, 0.15) is 109 Å². The highest BCUT2D eigenvalue weighted by atomic mass is 32.2. The number of sulfone groups is 1. The van der Waals surface area contributed by atoms with Crippen LogP contribution in [0.5, 0.6) is 5.75 Å². The van der Waals surface area contributed by atoms with E-state index in [1.807, 2.05) is 13.8 Å². The minimum Gasteiger partial charge on any atom is -0.492 e. The largest absolute Gasteiger partial charge is 0.492 e. The van der Waals surface area contributed by atoms with E-state index in [9.17, 15) is 32.0 Å². The molecule has 3 saturated heterocycles. The SMILES string of the molecule is CN[C@@H](C)C(=O)NC(C(=O)N1CCC[C@H]1c1nc(C(=O)c2ccc(F)cc2)cs1)C1CCN(C(=O)c2cnc(N3CCN(CCCOc4cc5ncnc(Nc6n[nH]c(C)c6C)c5cc4S(=O)(=O)C(C)(C)C)CC3)nc2)CC1. The molecule has 1 unspecified atom stereocenters. The van der Waals surface area contributed by atoms with Crippen LogP contribution in [0.15, 0.2) is 65.4 Å². The van der Waals surface area contributed by atoms with Crippen LogP contribution in [0.4, 0.5) is 22.0 Å². The summed E-state index contributed by atoms with van der Waals surface area (Å²) in [6.07, 6.45) is 7.50. The van der Waals surface area contributed by atoms with Crippen molar-refractivity contribution in [3.05, 3.63) is 99.4 Å². The maximum absolute atomic E-state index is 14.6. The zero-order chi connectivity index (χ0) is 55.5. The molecule has 2 aromatic carbocycles.